The maximum absolute atomic E-state index is 12.0. The van der Waals surface area contributed by atoms with Crippen molar-refractivity contribution in [2.24, 2.45) is 0 Å². The molecule has 0 aliphatic carbocycles. The van der Waals surface area contributed by atoms with Gasteiger partial charge in [0.15, 0.2) is 0 Å². The molecule has 1 aromatic heterocycles. The number of nitrogens with zero attached hydrogens (tertiary/aromatic N) is 3. The van der Waals surface area contributed by atoms with Crippen LogP contribution in [0.2, 0.25) is 0 Å². The van der Waals surface area contributed by atoms with Crippen LogP contribution in [0.25, 0.3) is 5.69 Å². The van der Waals surface area contributed by atoms with Gasteiger partial charge in [0.2, 0.25) is 5.88 Å². The maximum atomic E-state index is 12.0. The third kappa shape index (κ3) is 4.45. The van der Waals surface area contributed by atoms with E-state index in [1.807, 2.05) is 31.2 Å². The van der Waals surface area contributed by atoms with Crippen LogP contribution in [-0.2, 0) is 0 Å². The standard InChI is InChI=1S/C19H25N3O2/c1-16-6-8-17(9-7-16)22-19(23)11-10-18(20-22)24-15-5-14-21-12-3-2-4-13-21/h6-11H,2-5,12-15H2,1H3. The Hall–Kier alpha value is -2.14. The summed E-state index contributed by atoms with van der Waals surface area (Å²) in [6, 6.07) is 10.9. The Balaban J connectivity index is 1.57. The van der Waals surface area contributed by atoms with Crippen molar-refractivity contribution in [3.8, 4) is 11.6 Å². The number of aryl methyl sites for hydroxylation is 1. The van der Waals surface area contributed by atoms with Gasteiger partial charge in [-0.1, -0.05) is 24.1 Å². The molecule has 5 heteroatoms. The van der Waals surface area contributed by atoms with Crippen molar-refractivity contribution in [2.75, 3.05) is 26.2 Å². The Kier molecular flexibility index (Phi) is 5.64. The number of aromatic nitrogens is 2. The molecule has 1 aliphatic heterocycles. The van der Waals surface area contributed by atoms with Gasteiger partial charge < -0.3 is 9.64 Å². The van der Waals surface area contributed by atoms with Crippen molar-refractivity contribution >= 4 is 0 Å². The summed E-state index contributed by atoms with van der Waals surface area (Å²) in [4.78, 5) is 14.5. The Morgan fingerprint density at radius 3 is 2.54 bits per heavy atom. The van der Waals surface area contributed by atoms with E-state index >= 15 is 0 Å². The van der Waals surface area contributed by atoms with E-state index in [1.165, 1.54) is 43.1 Å². The molecule has 0 bridgehead atoms. The fraction of sp³-hybridized carbons (Fsp3) is 0.474. The zero-order valence-electron chi connectivity index (χ0n) is 14.3. The van der Waals surface area contributed by atoms with Gasteiger partial charge in [-0.2, -0.15) is 4.68 Å². The molecule has 0 unspecified atom stereocenters. The van der Waals surface area contributed by atoms with Gasteiger partial charge in [0.25, 0.3) is 5.56 Å². The highest BCUT2D eigenvalue weighted by Crippen LogP contribution is 2.11. The van der Waals surface area contributed by atoms with E-state index in [2.05, 4.69) is 10.00 Å². The van der Waals surface area contributed by atoms with Crippen LogP contribution in [0, 0.1) is 6.92 Å². The highest BCUT2D eigenvalue weighted by molar-refractivity contribution is 5.33. The van der Waals surface area contributed by atoms with Gasteiger partial charge in [0.05, 0.1) is 12.3 Å². The summed E-state index contributed by atoms with van der Waals surface area (Å²) >= 11 is 0. The summed E-state index contributed by atoms with van der Waals surface area (Å²) in [6.45, 7) is 6.11. The van der Waals surface area contributed by atoms with Crippen LogP contribution in [-0.4, -0.2) is 40.9 Å². The summed E-state index contributed by atoms with van der Waals surface area (Å²) in [5.74, 6) is 0.494. The normalized spacial score (nSPS) is 15.4. The maximum Gasteiger partial charge on any atom is 0.271 e. The molecule has 0 N–H and O–H groups in total. The van der Waals surface area contributed by atoms with Crippen LogP contribution in [0.3, 0.4) is 0 Å². The summed E-state index contributed by atoms with van der Waals surface area (Å²) in [6.07, 6.45) is 4.96. The van der Waals surface area contributed by atoms with E-state index in [0.717, 1.165) is 24.2 Å². The lowest BCUT2D eigenvalue weighted by atomic mass is 10.1. The summed E-state index contributed by atoms with van der Waals surface area (Å²) in [5.41, 5.74) is 1.75. The van der Waals surface area contributed by atoms with Crippen molar-refractivity contribution in [1.82, 2.24) is 14.7 Å². The molecule has 5 nitrogen and oxygen atoms in total. The molecule has 2 heterocycles. The lowest BCUT2D eigenvalue weighted by Crippen LogP contribution is -2.31. The van der Waals surface area contributed by atoms with Crippen LogP contribution in [0.5, 0.6) is 5.88 Å². The van der Waals surface area contributed by atoms with Crippen molar-refractivity contribution in [1.29, 1.82) is 0 Å². The molecule has 0 atom stereocenters. The fourth-order valence-corrected chi connectivity index (χ4v) is 2.99. The predicted octanol–water partition coefficient (Wildman–Crippen LogP) is 2.80. The topological polar surface area (TPSA) is 47.4 Å². The van der Waals surface area contributed by atoms with Crippen molar-refractivity contribution in [3.63, 3.8) is 0 Å². The molecule has 0 amide bonds. The highest BCUT2D eigenvalue weighted by atomic mass is 16.5. The molecule has 0 saturated carbocycles. The quantitative estimate of drug-likeness (QED) is 0.766. The third-order valence-electron chi connectivity index (χ3n) is 4.37. The van der Waals surface area contributed by atoms with Gasteiger partial charge in [0, 0.05) is 18.7 Å². The molecule has 2 aromatic rings. The van der Waals surface area contributed by atoms with E-state index in [4.69, 9.17) is 4.74 Å². The van der Waals surface area contributed by atoms with Crippen LogP contribution in [0.4, 0.5) is 0 Å². The SMILES string of the molecule is Cc1ccc(-n2nc(OCCCN3CCCCC3)ccc2=O)cc1. The summed E-state index contributed by atoms with van der Waals surface area (Å²) < 4.78 is 7.13. The number of likely N-dealkylation sites (tertiary alicyclic amines) is 1. The minimum absolute atomic E-state index is 0.153. The molecule has 128 valence electrons. The first-order chi connectivity index (χ1) is 11.7. The highest BCUT2D eigenvalue weighted by Gasteiger charge is 2.09. The fourth-order valence-electron chi connectivity index (χ4n) is 2.99. The molecule has 0 radical (unpaired) electrons. The zero-order valence-corrected chi connectivity index (χ0v) is 14.3. The van der Waals surface area contributed by atoms with E-state index in [0.29, 0.717) is 12.5 Å². The van der Waals surface area contributed by atoms with E-state index in [-0.39, 0.29) is 5.56 Å². The average molecular weight is 327 g/mol. The van der Waals surface area contributed by atoms with Crippen LogP contribution in [0.15, 0.2) is 41.2 Å². The number of ether oxygens (including phenoxy) is 1. The molecular formula is C19H25N3O2. The second-order valence-electron chi connectivity index (χ2n) is 6.36. The monoisotopic (exact) mass is 327 g/mol. The molecule has 1 fully saturated rings. The number of piperidine rings is 1. The van der Waals surface area contributed by atoms with Gasteiger partial charge in [-0.25, -0.2) is 0 Å². The van der Waals surface area contributed by atoms with Gasteiger partial charge in [-0.15, -0.1) is 5.10 Å². The van der Waals surface area contributed by atoms with Crippen LogP contribution in [0.1, 0.15) is 31.2 Å². The van der Waals surface area contributed by atoms with Crippen LogP contribution < -0.4 is 10.3 Å². The number of hydrogen-bond donors (Lipinski definition) is 0. The average Bonchev–Trinajstić information content (AvgIpc) is 2.62. The lowest BCUT2D eigenvalue weighted by molar-refractivity contribution is 0.202. The Bertz CT molecular complexity index is 703. The second-order valence-corrected chi connectivity index (χ2v) is 6.36. The van der Waals surface area contributed by atoms with E-state index in [1.54, 1.807) is 6.07 Å². The van der Waals surface area contributed by atoms with Gasteiger partial charge in [0.1, 0.15) is 0 Å². The molecule has 3 rings (SSSR count). The first-order valence-corrected chi connectivity index (χ1v) is 8.75. The van der Waals surface area contributed by atoms with E-state index in [9.17, 15) is 4.79 Å². The Morgan fingerprint density at radius 1 is 1.04 bits per heavy atom. The predicted molar refractivity (Wildman–Crippen MR) is 95.0 cm³/mol. The lowest BCUT2D eigenvalue weighted by Gasteiger charge is -2.26. The molecule has 1 aliphatic rings. The summed E-state index contributed by atoms with van der Waals surface area (Å²) in [5, 5.41) is 4.32. The smallest absolute Gasteiger partial charge is 0.271 e. The number of hydrogen-bond acceptors (Lipinski definition) is 4. The number of rotatable bonds is 6. The van der Waals surface area contributed by atoms with Crippen molar-refractivity contribution < 1.29 is 4.74 Å². The Morgan fingerprint density at radius 2 is 1.79 bits per heavy atom. The van der Waals surface area contributed by atoms with Gasteiger partial charge in [-0.05, 0) is 51.4 Å². The largest absolute Gasteiger partial charge is 0.477 e. The minimum atomic E-state index is -0.153. The molecular weight excluding hydrogens is 302 g/mol. The number of benzene rings is 1. The van der Waals surface area contributed by atoms with Gasteiger partial charge in [-0.3, -0.25) is 4.79 Å². The first kappa shape index (κ1) is 16.7. The molecule has 0 spiro atoms. The Labute approximate surface area is 142 Å². The first-order valence-electron chi connectivity index (χ1n) is 8.75. The minimum Gasteiger partial charge on any atom is -0.477 e. The van der Waals surface area contributed by atoms with Crippen molar-refractivity contribution in [3.05, 3.63) is 52.3 Å². The second kappa shape index (κ2) is 8.11. The van der Waals surface area contributed by atoms with Gasteiger partial charge >= 0.3 is 0 Å². The molecule has 1 saturated heterocycles. The van der Waals surface area contributed by atoms with E-state index < -0.39 is 0 Å². The zero-order chi connectivity index (χ0) is 16.8. The van der Waals surface area contributed by atoms with Crippen LogP contribution >= 0.6 is 0 Å². The summed E-state index contributed by atoms with van der Waals surface area (Å²) in [7, 11) is 0. The molecule has 1 aromatic carbocycles. The van der Waals surface area contributed by atoms with Crippen molar-refractivity contribution in [2.45, 2.75) is 32.6 Å². The third-order valence-corrected chi connectivity index (χ3v) is 4.37. The molecule has 24 heavy (non-hydrogen) atoms.